The Morgan fingerprint density at radius 3 is 2.60 bits per heavy atom. The van der Waals surface area contributed by atoms with E-state index in [9.17, 15) is 9.90 Å². The maximum Gasteiger partial charge on any atom is 0.235 e. The molecule has 0 aliphatic heterocycles. The Kier molecular flexibility index (Phi) is 3.20. The van der Waals surface area contributed by atoms with Crippen LogP contribution in [0.4, 0.5) is 0 Å². The van der Waals surface area contributed by atoms with Crippen LogP contribution in [0.1, 0.15) is 0 Å². The largest absolute Gasteiger partial charge is 0.508 e. The van der Waals surface area contributed by atoms with Gasteiger partial charge < -0.3 is 14.3 Å². The number of hydrogen-bond donors (Lipinski definition) is 1. The summed E-state index contributed by atoms with van der Waals surface area (Å²) in [7, 11) is 0. The first-order valence-electron chi connectivity index (χ1n) is 5.81. The Morgan fingerprint density at radius 1 is 1.10 bits per heavy atom. The minimum Gasteiger partial charge on any atom is -0.508 e. The number of halogens is 1. The Labute approximate surface area is 122 Å². The van der Waals surface area contributed by atoms with Crippen LogP contribution in [0.2, 0.25) is 0 Å². The third-order valence-corrected chi connectivity index (χ3v) is 3.30. The van der Waals surface area contributed by atoms with Gasteiger partial charge in [-0.15, -0.1) is 0 Å². The predicted molar refractivity (Wildman–Crippen MR) is 78.4 cm³/mol. The lowest BCUT2D eigenvalue weighted by molar-refractivity contribution is 0.449. The molecule has 0 amide bonds. The molecule has 0 saturated carbocycles. The van der Waals surface area contributed by atoms with E-state index in [0.29, 0.717) is 16.7 Å². The van der Waals surface area contributed by atoms with Gasteiger partial charge in [0, 0.05) is 10.5 Å². The zero-order valence-corrected chi connectivity index (χ0v) is 11.8. The second kappa shape index (κ2) is 5.02. The Balaban J connectivity index is 2.04. The third kappa shape index (κ3) is 2.40. The summed E-state index contributed by atoms with van der Waals surface area (Å²) in [6.07, 6.45) is 1.24. The fourth-order valence-corrected chi connectivity index (χ4v) is 2.06. The van der Waals surface area contributed by atoms with Crippen molar-refractivity contribution in [2.24, 2.45) is 0 Å². The summed E-state index contributed by atoms with van der Waals surface area (Å²) >= 11 is 3.33. The van der Waals surface area contributed by atoms with Crippen LogP contribution in [0, 0.1) is 0 Å². The van der Waals surface area contributed by atoms with Crippen molar-refractivity contribution in [3.63, 3.8) is 0 Å². The number of phenolic OH excluding ortho intramolecular Hbond substituents is 1. The topological polar surface area (TPSA) is 59.7 Å². The lowest BCUT2D eigenvalue weighted by Gasteiger charge is -2.05. The molecule has 0 bridgehead atoms. The zero-order chi connectivity index (χ0) is 14.1. The van der Waals surface area contributed by atoms with Crippen LogP contribution in [0.15, 0.2) is 62.4 Å². The second-order valence-electron chi connectivity index (χ2n) is 4.17. The first-order chi connectivity index (χ1) is 9.63. The van der Waals surface area contributed by atoms with Crippen LogP contribution in [0.25, 0.3) is 11.0 Å². The normalized spacial score (nSPS) is 10.7. The van der Waals surface area contributed by atoms with Crippen LogP contribution >= 0.6 is 15.9 Å². The predicted octanol–water partition coefficient (Wildman–Crippen LogP) is 4.05. The van der Waals surface area contributed by atoms with Crippen LogP contribution in [-0.2, 0) is 0 Å². The molecule has 2 aromatic carbocycles. The number of benzene rings is 2. The average molecular weight is 333 g/mol. The van der Waals surface area contributed by atoms with E-state index in [1.807, 2.05) is 12.1 Å². The van der Waals surface area contributed by atoms with Gasteiger partial charge in [-0.3, -0.25) is 4.79 Å². The Bertz CT molecular complexity index is 821. The molecule has 0 spiro atoms. The van der Waals surface area contributed by atoms with Crippen LogP contribution in [-0.4, -0.2) is 5.11 Å². The van der Waals surface area contributed by atoms with E-state index in [2.05, 4.69) is 15.9 Å². The summed E-state index contributed by atoms with van der Waals surface area (Å²) in [6.45, 7) is 0. The molecule has 0 aliphatic carbocycles. The van der Waals surface area contributed by atoms with Crippen molar-refractivity contribution in [1.29, 1.82) is 0 Å². The molecule has 3 aromatic rings. The maximum absolute atomic E-state index is 12.2. The van der Waals surface area contributed by atoms with E-state index in [1.165, 1.54) is 24.5 Å². The van der Waals surface area contributed by atoms with Gasteiger partial charge in [-0.2, -0.15) is 0 Å². The molecule has 3 rings (SSSR count). The highest BCUT2D eigenvalue weighted by atomic mass is 79.9. The minimum absolute atomic E-state index is 0.0437. The number of hydrogen-bond acceptors (Lipinski definition) is 4. The van der Waals surface area contributed by atoms with Gasteiger partial charge in [0.25, 0.3) is 0 Å². The molecule has 0 aliphatic rings. The first-order valence-corrected chi connectivity index (χ1v) is 6.61. The molecular formula is C15H9BrO4. The highest BCUT2D eigenvalue weighted by Gasteiger charge is 2.09. The van der Waals surface area contributed by atoms with Gasteiger partial charge in [0.1, 0.15) is 23.3 Å². The van der Waals surface area contributed by atoms with Gasteiger partial charge in [-0.1, -0.05) is 15.9 Å². The van der Waals surface area contributed by atoms with Crippen molar-refractivity contribution in [3.8, 4) is 17.2 Å². The Hall–Kier alpha value is -2.27. The summed E-state index contributed by atoms with van der Waals surface area (Å²) in [5.41, 5.74) is 0.0346. The fourth-order valence-electron chi connectivity index (χ4n) is 1.80. The minimum atomic E-state index is -0.283. The van der Waals surface area contributed by atoms with Gasteiger partial charge >= 0.3 is 0 Å². The number of rotatable bonds is 2. The molecule has 0 radical (unpaired) electrons. The van der Waals surface area contributed by atoms with Crippen LogP contribution in [0.3, 0.4) is 0 Å². The molecule has 0 atom stereocenters. The molecule has 0 unspecified atom stereocenters. The molecule has 0 fully saturated rings. The van der Waals surface area contributed by atoms with Crippen molar-refractivity contribution >= 4 is 26.9 Å². The monoisotopic (exact) mass is 332 g/mol. The van der Waals surface area contributed by atoms with Crippen molar-refractivity contribution < 1.29 is 14.3 Å². The fraction of sp³-hybridized carbons (Fsp3) is 0. The van der Waals surface area contributed by atoms with E-state index in [1.54, 1.807) is 12.1 Å². The van der Waals surface area contributed by atoms with E-state index >= 15 is 0 Å². The van der Waals surface area contributed by atoms with Gasteiger partial charge in [-0.25, -0.2) is 0 Å². The van der Waals surface area contributed by atoms with E-state index in [-0.39, 0.29) is 16.9 Å². The van der Waals surface area contributed by atoms with E-state index in [4.69, 9.17) is 9.15 Å². The smallest absolute Gasteiger partial charge is 0.235 e. The highest BCUT2D eigenvalue weighted by molar-refractivity contribution is 9.10. The van der Waals surface area contributed by atoms with Crippen LogP contribution < -0.4 is 10.2 Å². The lowest BCUT2D eigenvalue weighted by Crippen LogP contribution is -2.04. The number of fused-ring (bicyclic) bond motifs is 1. The van der Waals surface area contributed by atoms with E-state index in [0.717, 1.165) is 4.47 Å². The summed E-state index contributed by atoms with van der Waals surface area (Å²) in [5.74, 6) is 0.686. The van der Waals surface area contributed by atoms with Gasteiger partial charge in [0.05, 0.1) is 5.39 Å². The van der Waals surface area contributed by atoms with Crippen molar-refractivity contribution in [2.75, 3.05) is 0 Å². The number of phenols is 1. The van der Waals surface area contributed by atoms with Crippen molar-refractivity contribution in [2.45, 2.75) is 0 Å². The number of ether oxygens (including phenoxy) is 1. The molecular weight excluding hydrogens is 324 g/mol. The van der Waals surface area contributed by atoms with Gasteiger partial charge in [-0.05, 0) is 36.4 Å². The van der Waals surface area contributed by atoms with Gasteiger partial charge in [0.2, 0.25) is 11.2 Å². The molecule has 1 aromatic heterocycles. The summed E-state index contributed by atoms with van der Waals surface area (Å²) < 4.78 is 11.7. The average Bonchev–Trinajstić information content (AvgIpc) is 2.44. The van der Waals surface area contributed by atoms with E-state index < -0.39 is 0 Å². The van der Waals surface area contributed by atoms with Crippen molar-refractivity contribution in [1.82, 2.24) is 0 Å². The molecule has 1 N–H and O–H groups in total. The number of aromatic hydroxyl groups is 1. The SMILES string of the molecule is O=c1c(Oc2ccc(Br)cc2)coc2cc(O)ccc12. The lowest BCUT2D eigenvalue weighted by atomic mass is 10.2. The maximum atomic E-state index is 12.2. The van der Waals surface area contributed by atoms with Crippen LogP contribution in [0.5, 0.6) is 17.2 Å². The quantitative estimate of drug-likeness (QED) is 0.768. The molecule has 5 heteroatoms. The standard InChI is InChI=1S/C15H9BrO4/c16-9-1-4-11(5-2-9)20-14-8-19-13-7-10(17)3-6-12(13)15(14)18/h1-8,17H. The zero-order valence-electron chi connectivity index (χ0n) is 10.2. The molecule has 4 nitrogen and oxygen atoms in total. The highest BCUT2D eigenvalue weighted by Crippen LogP contribution is 2.24. The first kappa shape index (κ1) is 12.7. The second-order valence-corrected chi connectivity index (χ2v) is 5.08. The van der Waals surface area contributed by atoms with Crippen molar-refractivity contribution in [3.05, 3.63) is 63.4 Å². The van der Waals surface area contributed by atoms with Gasteiger partial charge in [0.15, 0.2) is 0 Å². The summed E-state index contributed by atoms with van der Waals surface area (Å²) in [4.78, 5) is 12.2. The summed E-state index contributed by atoms with van der Waals surface area (Å²) in [6, 6.07) is 11.4. The third-order valence-electron chi connectivity index (χ3n) is 2.77. The Morgan fingerprint density at radius 2 is 1.85 bits per heavy atom. The molecule has 100 valence electrons. The summed E-state index contributed by atoms with van der Waals surface area (Å²) in [5, 5.41) is 9.71. The molecule has 0 saturated heterocycles. The molecule has 1 heterocycles. The molecule has 20 heavy (non-hydrogen) atoms.